The zero-order chi connectivity index (χ0) is 18.7. The Labute approximate surface area is 175 Å². The second-order valence-corrected chi connectivity index (χ2v) is 7.06. The highest BCUT2D eigenvalue weighted by Gasteiger charge is 2.21. The van der Waals surface area contributed by atoms with E-state index in [4.69, 9.17) is 9.47 Å². The van der Waals surface area contributed by atoms with Crippen molar-refractivity contribution in [3.8, 4) is 0 Å². The number of ether oxygens (including phenoxy) is 2. The molecule has 26 heavy (non-hydrogen) atoms. The Hall–Kier alpha value is -0.770. The Morgan fingerprint density at radius 2 is 2.04 bits per heavy atom. The van der Waals surface area contributed by atoms with Crippen LogP contribution in [-0.4, -0.2) is 70.0 Å². The van der Waals surface area contributed by atoms with Crippen LogP contribution in [0, 0.1) is 11.8 Å². The number of rotatable bonds is 11. The molecule has 7 nitrogen and oxygen atoms in total. The predicted molar refractivity (Wildman–Crippen MR) is 116 cm³/mol. The highest BCUT2D eigenvalue weighted by Crippen LogP contribution is 2.28. The molecule has 1 unspecified atom stereocenters. The summed E-state index contributed by atoms with van der Waals surface area (Å²) in [6.07, 6.45) is 3.12. The average molecular weight is 484 g/mol. The summed E-state index contributed by atoms with van der Waals surface area (Å²) < 4.78 is 10.7. The molecule has 0 aromatic rings. The third kappa shape index (κ3) is 11.8. The first kappa shape index (κ1) is 25.2. The molecule has 154 valence electrons. The molecule has 1 aliphatic carbocycles. The summed E-state index contributed by atoms with van der Waals surface area (Å²) in [5.41, 5.74) is 0. The van der Waals surface area contributed by atoms with Crippen LogP contribution in [-0.2, 0) is 9.47 Å². The quantitative estimate of drug-likeness (QED) is 0.204. The number of nitrogens with zero attached hydrogens (tertiary/aromatic N) is 2. The molecular formula is C18H37IN4O3. The number of carbonyl (C=O) groups is 1. The van der Waals surface area contributed by atoms with Gasteiger partial charge in [-0.1, -0.05) is 13.8 Å². The van der Waals surface area contributed by atoms with Crippen LogP contribution in [0.25, 0.3) is 0 Å². The van der Waals surface area contributed by atoms with E-state index in [9.17, 15) is 4.79 Å². The van der Waals surface area contributed by atoms with Gasteiger partial charge in [0.1, 0.15) is 0 Å². The fourth-order valence-electron chi connectivity index (χ4n) is 2.54. The summed E-state index contributed by atoms with van der Waals surface area (Å²) >= 11 is 0. The van der Waals surface area contributed by atoms with E-state index in [0.717, 1.165) is 31.4 Å². The van der Waals surface area contributed by atoms with Crippen molar-refractivity contribution < 1.29 is 14.3 Å². The Kier molecular flexibility index (Phi) is 13.9. The summed E-state index contributed by atoms with van der Waals surface area (Å²) in [7, 11) is 3.76. The number of nitrogens with one attached hydrogen (secondary N) is 2. The fraction of sp³-hybridized carbons (Fsp3) is 0.889. The van der Waals surface area contributed by atoms with E-state index in [1.54, 1.807) is 14.0 Å². The van der Waals surface area contributed by atoms with Crippen molar-refractivity contribution in [2.45, 2.75) is 46.1 Å². The van der Waals surface area contributed by atoms with Gasteiger partial charge in [-0.25, -0.2) is 4.79 Å². The smallest absolute Gasteiger partial charge is 0.407 e. The number of likely N-dealkylation sites (N-methyl/N-ethyl adjacent to an activating group) is 1. The molecule has 1 amide bonds. The number of hydrogen-bond donors (Lipinski definition) is 2. The molecule has 1 saturated carbocycles. The molecule has 8 heteroatoms. The molecule has 1 aliphatic rings. The number of amides is 1. The largest absolute Gasteiger partial charge is 0.450 e. The molecule has 1 atom stereocenters. The van der Waals surface area contributed by atoms with E-state index < -0.39 is 0 Å². The standard InChI is InChI=1S/C18H36N4O3.HI/c1-6-25-18(23)21-16(11-14(2)3)12-20-17(19-4)22(5)9-10-24-13-15-7-8-15;/h14-16H,6-13H2,1-5H3,(H,19,20)(H,21,23);1H. The molecule has 0 aromatic heterocycles. The van der Waals surface area contributed by atoms with Crippen LogP contribution in [0.15, 0.2) is 4.99 Å². The minimum atomic E-state index is -0.369. The molecule has 0 heterocycles. The Morgan fingerprint density at radius 3 is 2.58 bits per heavy atom. The van der Waals surface area contributed by atoms with Gasteiger partial charge in [0.15, 0.2) is 5.96 Å². The number of aliphatic imine (C=N–C) groups is 1. The maximum atomic E-state index is 11.7. The topological polar surface area (TPSA) is 75.2 Å². The van der Waals surface area contributed by atoms with Gasteiger partial charge in [-0.15, -0.1) is 24.0 Å². The Morgan fingerprint density at radius 1 is 1.35 bits per heavy atom. The molecule has 1 fully saturated rings. The number of hydrogen-bond acceptors (Lipinski definition) is 4. The van der Waals surface area contributed by atoms with Crippen LogP contribution in [0.3, 0.4) is 0 Å². The van der Waals surface area contributed by atoms with Gasteiger partial charge in [0.2, 0.25) is 0 Å². The van der Waals surface area contributed by atoms with Crippen molar-refractivity contribution in [2.24, 2.45) is 16.8 Å². The summed E-state index contributed by atoms with van der Waals surface area (Å²) in [6, 6.07) is -0.00434. The van der Waals surface area contributed by atoms with Gasteiger partial charge in [0.25, 0.3) is 0 Å². The molecule has 0 aromatic carbocycles. The fourth-order valence-corrected chi connectivity index (χ4v) is 2.54. The lowest BCUT2D eigenvalue weighted by Gasteiger charge is -2.26. The zero-order valence-corrected chi connectivity index (χ0v) is 19.2. The maximum absolute atomic E-state index is 11.7. The van der Waals surface area contributed by atoms with Crippen LogP contribution in [0.1, 0.15) is 40.0 Å². The van der Waals surface area contributed by atoms with Gasteiger partial charge in [0.05, 0.1) is 13.2 Å². The van der Waals surface area contributed by atoms with E-state index in [1.807, 2.05) is 11.9 Å². The lowest BCUT2D eigenvalue weighted by molar-refractivity contribution is 0.115. The van der Waals surface area contributed by atoms with Crippen molar-refractivity contribution >= 4 is 36.0 Å². The van der Waals surface area contributed by atoms with Crippen molar-refractivity contribution in [1.29, 1.82) is 0 Å². The summed E-state index contributed by atoms with van der Waals surface area (Å²) in [6.45, 7) is 9.42. The van der Waals surface area contributed by atoms with Crippen molar-refractivity contribution in [1.82, 2.24) is 15.5 Å². The van der Waals surface area contributed by atoms with Crippen molar-refractivity contribution in [2.75, 3.05) is 47.0 Å². The number of alkyl carbamates (subject to hydrolysis) is 1. The molecule has 0 radical (unpaired) electrons. The van der Waals surface area contributed by atoms with Crippen LogP contribution in [0.2, 0.25) is 0 Å². The summed E-state index contributed by atoms with van der Waals surface area (Å²) in [5, 5.41) is 6.25. The van der Waals surface area contributed by atoms with Crippen LogP contribution >= 0.6 is 24.0 Å². The van der Waals surface area contributed by atoms with Gasteiger partial charge < -0.3 is 25.0 Å². The van der Waals surface area contributed by atoms with E-state index >= 15 is 0 Å². The van der Waals surface area contributed by atoms with Gasteiger partial charge in [-0.05, 0) is 38.0 Å². The van der Waals surface area contributed by atoms with Crippen LogP contribution < -0.4 is 10.6 Å². The van der Waals surface area contributed by atoms with E-state index in [2.05, 4.69) is 29.5 Å². The third-order valence-electron chi connectivity index (χ3n) is 4.05. The van der Waals surface area contributed by atoms with Gasteiger partial charge in [-0.2, -0.15) is 0 Å². The molecule has 0 saturated heterocycles. The van der Waals surface area contributed by atoms with E-state index in [1.165, 1.54) is 12.8 Å². The average Bonchev–Trinajstić information content (AvgIpc) is 3.36. The Bertz CT molecular complexity index is 417. The predicted octanol–water partition coefficient (Wildman–Crippen LogP) is 2.70. The second kappa shape index (κ2) is 14.3. The number of halogens is 1. The monoisotopic (exact) mass is 484 g/mol. The minimum Gasteiger partial charge on any atom is -0.450 e. The van der Waals surface area contributed by atoms with Gasteiger partial charge >= 0.3 is 6.09 Å². The van der Waals surface area contributed by atoms with Gasteiger partial charge in [0, 0.05) is 39.8 Å². The first-order valence-corrected chi connectivity index (χ1v) is 9.39. The lowest BCUT2D eigenvalue weighted by atomic mass is 10.0. The first-order valence-electron chi connectivity index (χ1n) is 9.39. The SMILES string of the molecule is CCOC(=O)NC(CNC(=NC)N(C)CCOCC1CC1)CC(C)C.I. The second-order valence-electron chi connectivity index (χ2n) is 7.06. The van der Waals surface area contributed by atoms with Crippen LogP contribution in [0.4, 0.5) is 4.79 Å². The third-order valence-corrected chi connectivity index (χ3v) is 4.05. The first-order chi connectivity index (χ1) is 12.0. The molecule has 2 N–H and O–H groups in total. The van der Waals surface area contributed by atoms with Crippen LogP contribution in [0.5, 0.6) is 0 Å². The van der Waals surface area contributed by atoms with E-state index in [0.29, 0.717) is 25.7 Å². The number of guanidine groups is 1. The zero-order valence-electron chi connectivity index (χ0n) is 16.9. The van der Waals surface area contributed by atoms with Crippen molar-refractivity contribution in [3.63, 3.8) is 0 Å². The highest BCUT2D eigenvalue weighted by atomic mass is 127. The summed E-state index contributed by atoms with van der Waals surface area (Å²) in [5.74, 6) is 2.06. The number of carbonyl (C=O) groups excluding carboxylic acids is 1. The Balaban J connectivity index is 0.00000625. The van der Waals surface area contributed by atoms with Gasteiger partial charge in [-0.3, -0.25) is 4.99 Å². The maximum Gasteiger partial charge on any atom is 0.407 e. The minimum absolute atomic E-state index is 0. The molecule has 0 aliphatic heterocycles. The van der Waals surface area contributed by atoms with E-state index in [-0.39, 0.29) is 36.1 Å². The highest BCUT2D eigenvalue weighted by molar-refractivity contribution is 14.0. The molecule has 0 spiro atoms. The van der Waals surface area contributed by atoms with Crippen molar-refractivity contribution in [3.05, 3.63) is 0 Å². The normalized spacial score (nSPS) is 15.2. The molecular weight excluding hydrogens is 447 g/mol. The molecule has 1 rings (SSSR count). The molecule has 0 bridgehead atoms. The lowest BCUT2D eigenvalue weighted by Crippen LogP contribution is -2.48. The summed E-state index contributed by atoms with van der Waals surface area (Å²) in [4.78, 5) is 18.1.